The van der Waals surface area contributed by atoms with Crippen LogP contribution in [0.2, 0.25) is 0 Å². The van der Waals surface area contributed by atoms with Crippen LogP contribution >= 0.6 is 0 Å². The summed E-state index contributed by atoms with van der Waals surface area (Å²) in [6, 6.07) is 30.5. The Bertz CT molecular complexity index is 1230. The molecule has 0 heterocycles. The van der Waals surface area contributed by atoms with Gasteiger partial charge in [-0.25, -0.2) is 0 Å². The van der Waals surface area contributed by atoms with E-state index in [0.29, 0.717) is 0 Å². The largest absolute Gasteiger partial charge is 0.278 e. The number of nitrogens with zero attached hydrogens (tertiary/aromatic N) is 1. The predicted octanol–water partition coefficient (Wildman–Crippen LogP) is 7.22. The second-order valence-corrected chi connectivity index (χ2v) is 8.38. The van der Waals surface area contributed by atoms with Gasteiger partial charge in [0, 0.05) is 5.92 Å². The molecule has 5 rings (SSSR count). The van der Waals surface area contributed by atoms with Gasteiger partial charge in [0.05, 0.1) is 11.9 Å². The molecule has 0 amide bonds. The minimum Gasteiger partial charge on any atom is -0.278 e. The Morgan fingerprint density at radius 2 is 1.19 bits per heavy atom. The van der Waals surface area contributed by atoms with Gasteiger partial charge >= 0.3 is 0 Å². The van der Waals surface area contributed by atoms with E-state index >= 15 is 0 Å². The molecule has 31 heavy (non-hydrogen) atoms. The van der Waals surface area contributed by atoms with Crippen LogP contribution in [0.3, 0.4) is 0 Å². The summed E-state index contributed by atoms with van der Waals surface area (Å²) in [6.07, 6.45) is 1.96. The van der Waals surface area contributed by atoms with Crippen LogP contribution in [0, 0.1) is 20.8 Å². The molecule has 4 aromatic rings. The van der Waals surface area contributed by atoms with Crippen molar-refractivity contribution in [3.8, 4) is 11.1 Å². The molecule has 0 saturated heterocycles. The lowest BCUT2D eigenvalue weighted by molar-refractivity contribution is 1.01. The standard InChI is InChI=1S/C29H26N2/c1-19-16-20(2)29(21(3)17-19)31-30-18-22-10-4-5-11-23(22)28-26-14-8-6-12-24(26)25-13-7-9-15-27(25)28/h4-18,28,31H,1-3H3/b30-18+. The summed E-state index contributed by atoms with van der Waals surface area (Å²) in [6.45, 7) is 6.37. The average molecular weight is 403 g/mol. The summed E-state index contributed by atoms with van der Waals surface area (Å²) in [5.74, 6) is 0.220. The first-order chi connectivity index (χ1) is 15.1. The molecule has 152 valence electrons. The molecule has 0 aliphatic heterocycles. The van der Waals surface area contributed by atoms with Gasteiger partial charge in [-0.3, -0.25) is 5.43 Å². The van der Waals surface area contributed by atoms with Gasteiger partial charge in [0.1, 0.15) is 0 Å². The van der Waals surface area contributed by atoms with E-state index in [4.69, 9.17) is 0 Å². The van der Waals surface area contributed by atoms with Crippen molar-refractivity contribution in [3.05, 3.63) is 124 Å². The molecule has 2 nitrogen and oxygen atoms in total. The van der Waals surface area contributed by atoms with Crippen molar-refractivity contribution in [2.45, 2.75) is 26.7 Å². The lowest BCUT2D eigenvalue weighted by atomic mass is 9.87. The molecule has 0 fully saturated rings. The highest BCUT2D eigenvalue weighted by Crippen LogP contribution is 2.48. The maximum atomic E-state index is 4.63. The first kappa shape index (κ1) is 19.3. The Kier molecular flexibility index (Phi) is 4.91. The van der Waals surface area contributed by atoms with E-state index in [2.05, 4.69) is 116 Å². The Morgan fingerprint density at radius 3 is 1.81 bits per heavy atom. The van der Waals surface area contributed by atoms with E-state index in [0.717, 1.165) is 11.3 Å². The molecule has 0 unspecified atom stereocenters. The number of hydrogen-bond donors (Lipinski definition) is 1. The van der Waals surface area contributed by atoms with Crippen molar-refractivity contribution in [2.24, 2.45) is 5.10 Å². The van der Waals surface area contributed by atoms with Gasteiger partial charge in [-0.2, -0.15) is 5.10 Å². The second kappa shape index (κ2) is 7.88. The van der Waals surface area contributed by atoms with Crippen molar-refractivity contribution in [1.29, 1.82) is 0 Å². The molecular formula is C29H26N2. The van der Waals surface area contributed by atoms with Crippen molar-refractivity contribution < 1.29 is 0 Å². The molecule has 0 spiro atoms. The van der Waals surface area contributed by atoms with Gasteiger partial charge < -0.3 is 0 Å². The normalized spacial score (nSPS) is 12.7. The number of aryl methyl sites for hydroxylation is 3. The smallest absolute Gasteiger partial charge is 0.0620 e. The molecule has 1 aliphatic rings. The third-order valence-corrected chi connectivity index (χ3v) is 6.20. The van der Waals surface area contributed by atoms with Crippen LogP contribution in [0.1, 0.15) is 44.9 Å². The predicted molar refractivity (Wildman–Crippen MR) is 131 cm³/mol. The summed E-state index contributed by atoms with van der Waals surface area (Å²) in [5, 5.41) is 4.63. The zero-order valence-corrected chi connectivity index (χ0v) is 18.2. The van der Waals surface area contributed by atoms with Crippen molar-refractivity contribution in [1.82, 2.24) is 0 Å². The van der Waals surface area contributed by atoms with Gasteiger partial charge in [-0.1, -0.05) is 90.5 Å². The Morgan fingerprint density at radius 1 is 0.677 bits per heavy atom. The van der Waals surface area contributed by atoms with Crippen LogP contribution < -0.4 is 5.43 Å². The SMILES string of the molecule is Cc1cc(C)c(N/N=C/c2ccccc2C2c3ccccc3-c3ccccc32)c(C)c1. The Labute approximate surface area is 184 Å². The van der Waals surface area contributed by atoms with Crippen molar-refractivity contribution in [3.63, 3.8) is 0 Å². The summed E-state index contributed by atoms with van der Waals surface area (Å²) in [4.78, 5) is 0. The van der Waals surface area contributed by atoms with Gasteiger partial charge in [0.15, 0.2) is 0 Å². The van der Waals surface area contributed by atoms with E-state index in [1.165, 1.54) is 44.5 Å². The summed E-state index contributed by atoms with van der Waals surface area (Å²) >= 11 is 0. The van der Waals surface area contributed by atoms with Crippen LogP contribution in [0.4, 0.5) is 5.69 Å². The Hall–Kier alpha value is -3.65. The number of hydrazone groups is 1. The van der Waals surface area contributed by atoms with E-state index in [1.807, 2.05) is 6.21 Å². The lowest BCUT2D eigenvalue weighted by Crippen LogP contribution is -2.04. The highest BCUT2D eigenvalue weighted by atomic mass is 15.3. The fraction of sp³-hybridized carbons (Fsp3) is 0.138. The molecule has 0 radical (unpaired) electrons. The highest BCUT2D eigenvalue weighted by molar-refractivity contribution is 5.87. The van der Waals surface area contributed by atoms with Gasteiger partial charge in [-0.05, 0) is 65.3 Å². The zero-order chi connectivity index (χ0) is 21.4. The number of hydrogen-bond acceptors (Lipinski definition) is 2. The number of rotatable bonds is 4. The monoisotopic (exact) mass is 402 g/mol. The van der Waals surface area contributed by atoms with Gasteiger partial charge in [0.25, 0.3) is 0 Å². The molecular weight excluding hydrogens is 376 g/mol. The summed E-state index contributed by atoms with van der Waals surface area (Å²) in [5.41, 5.74) is 15.9. The molecule has 0 saturated carbocycles. The van der Waals surface area contributed by atoms with Crippen LogP contribution in [-0.4, -0.2) is 6.21 Å². The maximum Gasteiger partial charge on any atom is 0.0620 e. The third-order valence-electron chi connectivity index (χ3n) is 6.20. The molecule has 2 heteroatoms. The average Bonchev–Trinajstić information content (AvgIpc) is 3.10. The van der Waals surface area contributed by atoms with Crippen LogP contribution in [0.25, 0.3) is 11.1 Å². The minimum atomic E-state index is 0.220. The zero-order valence-electron chi connectivity index (χ0n) is 18.2. The van der Waals surface area contributed by atoms with Gasteiger partial charge in [0.2, 0.25) is 0 Å². The van der Waals surface area contributed by atoms with E-state index in [9.17, 15) is 0 Å². The summed E-state index contributed by atoms with van der Waals surface area (Å²) < 4.78 is 0. The minimum absolute atomic E-state index is 0.220. The molecule has 4 aromatic carbocycles. The number of anilines is 1. The number of nitrogens with one attached hydrogen (secondary N) is 1. The fourth-order valence-corrected chi connectivity index (χ4v) is 4.90. The molecule has 1 N–H and O–H groups in total. The van der Waals surface area contributed by atoms with E-state index in [-0.39, 0.29) is 5.92 Å². The molecule has 0 bridgehead atoms. The fourth-order valence-electron chi connectivity index (χ4n) is 4.90. The molecule has 1 aliphatic carbocycles. The van der Waals surface area contributed by atoms with Crippen LogP contribution in [-0.2, 0) is 0 Å². The maximum absolute atomic E-state index is 4.63. The first-order valence-electron chi connectivity index (χ1n) is 10.8. The van der Waals surface area contributed by atoms with Crippen LogP contribution in [0.15, 0.2) is 90.0 Å². The lowest BCUT2D eigenvalue weighted by Gasteiger charge is -2.17. The quantitative estimate of drug-likeness (QED) is 0.249. The second-order valence-electron chi connectivity index (χ2n) is 8.38. The third kappa shape index (κ3) is 3.44. The number of fused-ring (bicyclic) bond motifs is 3. The Balaban J connectivity index is 1.53. The number of benzene rings is 4. The van der Waals surface area contributed by atoms with E-state index < -0.39 is 0 Å². The summed E-state index contributed by atoms with van der Waals surface area (Å²) in [7, 11) is 0. The molecule has 0 aromatic heterocycles. The van der Waals surface area contributed by atoms with Gasteiger partial charge in [-0.15, -0.1) is 0 Å². The first-order valence-corrected chi connectivity index (χ1v) is 10.8. The van der Waals surface area contributed by atoms with Crippen molar-refractivity contribution in [2.75, 3.05) is 5.43 Å². The van der Waals surface area contributed by atoms with Crippen molar-refractivity contribution >= 4 is 11.9 Å². The van der Waals surface area contributed by atoms with E-state index in [1.54, 1.807) is 0 Å². The van der Waals surface area contributed by atoms with Crippen LogP contribution in [0.5, 0.6) is 0 Å². The topological polar surface area (TPSA) is 24.4 Å². The molecule has 0 atom stereocenters. The highest BCUT2D eigenvalue weighted by Gasteiger charge is 2.30.